The van der Waals surface area contributed by atoms with Gasteiger partial charge in [0.1, 0.15) is 0 Å². The Kier molecular flexibility index (Phi) is 2.13. The summed E-state index contributed by atoms with van der Waals surface area (Å²) in [6, 6.07) is 8.99. The van der Waals surface area contributed by atoms with E-state index in [9.17, 15) is 9.59 Å². The third-order valence-electron chi connectivity index (χ3n) is 1.97. The Morgan fingerprint density at radius 1 is 1.00 bits per heavy atom. The molecule has 1 aliphatic heterocycles. The second kappa shape index (κ2) is 3.31. The fourth-order valence-corrected chi connectivity index (χ4v) is 1.61. The molecule has 0 atom stereocenters. The van der Waals surface area contributed by atoms with E-state index in [-0.39, 0.29) is 10.8 Å². The number of amides is 2. The van der Waals surface area contributed by atoms with Crippen molar-refractivity contribution in [2.45, 2.75) is 0 Å². The maximum Gasteiger partial charge on any atom is 0.265 e. The van der Waals surface area contributed by atoms with Crippen LogP contribution in [0.4, 0.5) is 0 Å². The second-order valence-electron chi connectivity index (χ2n) is 2.87. The van der Waals surface area contributed by atoms with Gasteiger partial charge in [0.25, 0.3) is 11.8 Å². The molecule has 1 aromatic rings. The molecule has 0 radical (unpaired) electrons. The molecular formula is C10H7NO2S. The Morgan fingerprint density at radius 2 is 1.64 bits per heavy atom. The van der Waals surface area contributed by atoms with Crippen LogP contribution in [-0.4, -0.2) is 11.8 Å². The van der Waals surface area contributed by atoms with Crippen LogP contribution in [0.2, 0.25) is 0 Å². The van der Waals surface area contributed by atoms with E-state index in [4.69, 9.17) is 0 Å². The van der Waals surface area contributed by atoms with E-state index in [0.29, 0.717) is 11.1 Å². The molecule has 0 bridgehead atoms. The summed E-state index contributed by atoms with van der Waals surface area (Å²) >= 11 is 4.00. The number of carbonyl (C=O) groups is 2. The van der Waals surface area contributed by atoms with Crippen LogP contribution in [0.1, 0.15) is 5.56 Å². The van der Waals surface area contributed by atoms with Gasteiger partial charge in [0, 0.05) is 0 Å². The lowest BCUT2D eigenvalue weighted by atomic mass is 10.1. The van der Waals surface area contributed by atoms with Crippen molar-refractivity contribution in [1.82, 2.24) is 5.32 Å². The number of hydrogen-bond acceptors (Lipinski definition) is 3. The average molecular weight is 205 g/mol. The Hall–Kier alpha value is -1.55. The predicted octanol–water partition coefficient (Wildman–Crippen LogP) is 0.984. The van der Waals surface area contributed by atoms with Crippen LogP contribution < -0.4 is 5.32 Å². The van der Waals surface area contributed by atoms with Crippen LogP contribution in [0.5, 0.6) is 0 Å². The van der Waals surface area contributed by atoms with Crippen LogP contribution in [0.15, 0.2) is 35.2 Å². The highest BCUT2D eigenvalue weighted by molar-refractivity contribution is 7.86. The maximum atomic E-state index is 11.4. The molecule has 1 aromatic carbocycles. The second-order valence-corrected chi connectivity index (χ2v) is 3.32. The van der Waals surface area contributed by atoms with Gasteiger partial charge in [-0.15, -0.1) is 12.6 Å². The number of rotatable bonds is 1. The first kappa shape index (κ1) is 9.02. The number of carbonyl (C=O) groups excluding carboxylic acids is 2. The van der Waals surface area contributed by atoms with Crippen molar-refractivity contribution in [2.24, 2.45) is 0 Å². The molecule has 14 heavy (non-hydrogen) atoms. The first-order chi connectivity index (χ1) is 6.70. The average Bonchev–Trinajstić information content (AvgIpc) is 2.43. The van der Waals surface area contributed by atoms with Crippen LogP contribution >= 0.6 is 12.6 Å². The molecule has 1 N–H and O–H groups in total. The van der Waals surface area contributed by atoms with Crippen LogP contribution in [0, 0.1) is 0 Å². The monoisotopic (exact) mass is 205 g/mol. The van der Waals surface area contributed by atoms with Crippen molar-refractivity contribution < 1.29 is 9.59 Å². The first-order valence-corrected chi connectivity index (χ1v) is 4.49. The number of benzene rings is 1. The molecule has 1 aliphatic rings. The lowest BCUT2D eigenvalue weighted by molar-refractivity contribution is -0.123. The third-order valence-corrected chi connectivity index (χ3v) is 2.40. The Balaban J connectivity index is 2.54. The highest BCUT2D eigenvalue weighted by atomic mass is 32.1. The van der Waals surface area contributed by atoms with E-state index in [1.54, 1.807) is 24.3 Å². The van der Waals surface area contributed by atoms with E-state index in [1.807, 2.05) is 6.07 Å². The molecule has 2 amide bonds. The Bertz CT molecular complexity index is 437. The fraction of sp³-hybridized carbons (Fsp3) is 0. The zero-order chi connectivity index (χ0) is 10.1. The lowest BCUT2D eigenvalue weighted by Crippen LogP contribution is -2.22. The standard InChI is InChI=1S/C10H7NO2S/c12-9-7(8(14)10(13)11-9)6-4-2-1-3-5-6/h1-5H,(H2,11,12,13,14). The van der Waals surface area contributed by atoms with Crippen molar-refractivity contribution in [3.8, 4) is 0 Å². The summed E-state index contributed by atoms with van der Waals surface area (Å²) in [6.07, 6.45) is 0. The number of hydrogen-bond donors (Lipinski definition) is 2. The van der Waals surface area contributed by atoms with Gasteiger partial charge in [-0.2, -0.15) is 0 Å². The third kappa shape index (κ3) is 1.33. The normalized spacial score (nSPS) is 16.1. The molecule has 1 heterocycles. The molecule has 0 aromatic heterocycles. The zero-order valence-electron chi connectivity index (χ0n) is 7.15. The van der Waals surface area contributed by atoms with E-state index in [1.165, 1.54) is 0 Å². The quantitative estimate of drug-likeness (QED) is 0.530. The molecule has 0 saturated carbocycles. The summed E-state index contributed by atoms with van der Waals surface area (Å²) in [6.45, 7) is 0. The molecule has 4 heteroatoms. The molecule has 2 rings (SSSR count). The number of imide groups is 1. The van der Waals surface area contributed by atoms with Gasteiger partial charge in [0.05, 0.1) is 10.5 Å². The molecule has 0 aliphatic carbocycles. The summed E-state index contributed by atoms with van der Waals surface area (Å²) in [7, 11) is 0. The minimum Gasteiger partial charge on any atom is -0.288 e. The van der Waals surface area contributed by atoms with Crippen molar-refractivity contribution in [3.63, 3.8) is 0 Å². The van der Waals surface area contributed by atoms with E-state index in [0.717, 1.165) is 0 Å². The van der Waals surface area contributed by atoms with Crippen molar-refractivity contribution >= 4 is 30.0 Å². The fourth-order valence-electron chi connectivity index (χ4n) is 1.32. The molecule has 0 saturated heterocycles. The van der Waals surface area contributed by atoms with E-state index >= 15 is 0 Å². The maximum absolute atomic E-state index is 11.4. The van der Waals surface area contributed by atoms with E-state index in [2.05, 4.69) is 17.9 Å². The summed E-state index contributed by atoms with van der Waals surface area (Å²) in [5.41, 5.74) is 1.06. The molecule has 3 nitrogen and oxygen atoms in total. The van der Waals surface area contributed by atoms with Gasteiger partial charge in [0.15, 0.2) is 0 Å². The molecule has 0 unspecified atom stereocenters. The lowest BCUT2D eigenvalue weighted by Gasteiger charge is -1.98. The van der Waals surface area contributed by atoms with Gasteiger partial charge >= 0.3 is 0 Å². The van der Waals surface area contributed by atoms with Gasteiger partial charge in [-0.05, 0) is 5.56 Å². The molecular weight excluding hydrogens is 198 g/mol. The van der Waals surface area contributed by atoms with E-state index < -0.39 is 5.91 Å². The summed E-state index contributed by atoms with van der Waals surface area (Å²) in [4.78, 5) is 22.6. The number of nitrogens with one attached hydrogen (secondary N) is 1. The molecule has 0 spiro atoms. The summed E-state index contributed by atoms with van der Waals surface area (Å²) in [5.74, 6) is -0.816. The summed E-state index contributed by atoms with van der Waals surface area (Å²) in [5, 5.41) is 2.19. The highest BCUT2D eigenvalue weighted by Gasteiger charge is 2.28. The van der Waals surface area contributed by atoms with Crippen molar-refractivity contribution in [1.29, 1.82) is 0 Å². The van der Waals surface area contributed by atoms with Gasteiger partial charge < -0.3 is 0 Å². The molecule has 70 valence electrons. The van der Waals surface area contributed by atoms with Crippen LogP contribution in [0.25, 0.3) is 5.57 Å². The largest absolute Gasteiger partial charge is 0.288 e. The minimum absolute atomic E-state index is 0.182. The van der Waals surface area contributed by atoms with Gasteiger partial charge in [0.2, 0.25) is 0 Å². The van der Waals surface area contributed by atoms with Gasteiger partial charge in [-0.1, -0.05) is 30.3 Å². The SMILES string of the molecule is O=C1NC(=O)C(c2ccccc2)=C1S. The van der Waals surface area contributed by atoms with Crippen LogP contribution in [-0.2, 0) is 9.59 Å². The predicted molar refractivity (Wildman–Crippen MR) is 55.5 cm³/mol. The topological polar surface area (TPSA) is 46.2 Å². The van der Waals surface area contributed by atoms with Crippen LogP contribution in [0.3, 0.4) is 0 Å². The zero-order valence-corrected chi connectivity index (χ0v) is 8.04. The number of thiol groups is 1. The Morgan fingerprint density at radius 3 is 2.14 bits per heavy atom. The Labute approximate surface area is 86.2 Å². The molecule has 0 fully saturated rings. The van der Waals surface area contributed by atoms with Crippen molar-refractivity contribution in [3.05, 3.63) is 40.8 Å². The van der Waals surface area contributed by atoms with Crippen molar-refractivity contribution in [2.75, 3.05) is 0 Å². The summed E-state index contributed by atoms with van der Waals surface area (Å²) < 4.78 is 0. The van der Waals surface area contributed by atoms with Gasteiger partial charge in [-0.3, -0.25) is 14.9 Å². The highest BCUT2D eigenvalue weighted by Crippen LogP contribution is 2.25. The van der Waals surface area contributed by atoms with Gasteiger partial charge in [-0.25, -0.2) is 0 Å². The minimum atomic E-state index is -0.433. The first-order valence-electron chi connectivity index (χ1n) is 4.04. The smallest absolute Gasteiger partial charge is 0.265 e.